The third-order valence-electron chi connectivity index (χ3n) is 4.45. The number of anilines is 2. The van der Waals surface area contributed by atoms with Crippen LogP contribution in [0.3, 0.4) is 0 Å². The molecule has 1 fully saturated rings. The molecule has 1 saturated carbocycles. The Morgan fingerprint density at radius 2 is 2.00 bits per heavy atom. The van der Waals surface area contributed by atoms with Gasteiger partial charge in [-0.25, -0.2) is 9.37 Å². The first kappa shape index (κ1) is 18.1. The molecule has 0 bridgehead atoms. The molecule has 6 nitrogen and oxygen atoms in total. The first-order valence-corrected chi connectivity index (χ1v) is 9.82. The van der Waals surface area contributed by atoms with Gasteiger partial charge in [0.1, 0.15) is 10.7 Å². The van der Waals surface area contributed by atoms with Gasteiger partial charge in [0.2, 0.25) is 5.89 Å². The van der Waals surface area contributed by atoms with Crippen LogP contribution in [0.25, 0.3) is 0 Å². The van der Waals surface area contributed by atoms with Crippen LogP contribution in [-0.4, -0.2) is 20.9 Å². The highest BCUT2D eigenvalue weighted by Gasteiger charge is 2.24. The summed E-state index contributed by atoms with van der Waals surface area (Å²) in [4.78, 5) is 21.4. The maximum Gasteiger partial charge on any atom is 0.234 e. The van der Waals surface area contributed by atoms with Gasteiger partial charge in [-0.2, -0.15) is 4.98 Å². The molecule has 2 aromatic heterocycles. The molecule has 0 radical (unpaired) electrons. The second kappa shape index (κ2) is 7.74. The van der Waals surface area contributed by atoms with Crippen molar-refractivity contribution in [2.24, 2.45) is 0 Å². The van der Waals surface area contributed by atoms with Gasteiger partial charge in [-0.05, 0) is 37.1 Å². The molecule has 1 aliphatic rings. The number of hydrogen-bond donors (Lipinski definition) is 1. The van der Waals surface area contributed by atoms with Crippen LogP contribution in [-0.2, 0) is 6.42 Å². The van der Waals surface area contributed by atoms with E-state index in [1.807, 2.05) is 0 Å². The van der Waals surface area contributed by atoms with Crippen molar-refractivity contribution < 1.29 is 13.7 Å². The van der Waals surface area contributed by atoms with Crippen molar-refractivity contribution in [1.29, 1.82) is 0 Å². The first-order chi connectivity index (χ1) is 13.1. The Bertz CT molecular complexity index is 951. The molecular formula is C18H16ClFN4O2S. The van der Waals surface area contributed by atoms with Crippen molar-refractivity contribution in [2.45, 2.75) is 38.0 Å². The summed E-state index contributed by atoms with van der Waals surface area (Å²) in [5.41, 5.74) is 0.652. The third kappa shape index (κ3) is 4.17. The Morgan fingerprint density at radius 1 is 1.26 bits per heavy atom. The molecule has 0 spiro atoms. The predicted molar refractivity (Wildman–Crippen MR) is 100 cm³/mol. The Morgan fingerprint density at radius 3 is 2.74 bits per heavy atom. The number of thiazole rings is 1. The molecule has 0 atom stereocenters. The number of rotatable bonds is 6. The highest BCUT2D eigenvalue weighted by molar-refractivity contribution is 7.18. The van der Waals surface area contributed by atoms with E-state index in [1.54, 1.807) is 12.1 Å². The normalized spacial score (nSPS) is 14.6. The number of aromatic nitrogens is 3. The van der Waals surface area contributed by atoms with Crippen molar-refractivity contribution in [3.05, 3.63) is 51.8 Å². The summed E-state index contributed by atoms with van der Waals surface area (Å²) in [6, 6.07) is 5.83. The van der Waals surface area contributed by atoms with Gasteiger partial charge < -0.3 is 9.84 Å². The number of halogens is 2. The molecular weight excluding hydrogens is 391 g/mol. The number of nitrogens with one attached hydrogen (secondary N) is 1. The predicted octanol–water partition coefficient (Wildman–Crippen LogP) is 5.15. The average Bonchev–Trinajstić information content (AvgIpc) is 3.38. The maximum atomic E-state index is 13.0. The molecule has 27 heavy (non-hydrogen) atoms. The second-order valence-electron chi connectivity index (χ2n) is 6.40. The summed E-state index contributed by atoms with van der Waals surface area (Å²) in [5.74, 6) is 0.747. The zero-order chi connectivity index (χ0) is 18.8. The molecule has 9 heteroatoms. The van der Waals surface area contributed by atoms with E-state index in [0.717, 1.165) is 24.2 Å². The number of Topliss-reactive ketones (excluding diaryl/α,β-unsaturated/α-hetero) is 1. The second-order valence-corrected chi connectivity index (χ2v) is 7.76. The molecule has 0 saturated heterocycles. The minimum Gasteiger partial charge on any atom is -0.339 e. The molecule has 1 aromatic carbocycles. The third-order valence-corrected chi connectivity index (χ3v) is 5.85. The van der Waals surface area contributed by atoms with Crippen molar-refractivity contribution in [2.75, 3.05) is 5.32 Å². The van der Waals surface area contributed by atoms with Gasteiger partial charge in [-0.1, -0.05) is 40.9 Å². The smallest absolute Gasteiger partial charge is 0.234 e. The highest BCUT2D eigenvalue weighted by Crippen LogP contribution is 2.33. The Labute approximate surface area is 163 Å². The van der Waals surface area contributed by atoms with Crippen LogP contribution in [0.5, 0.6) is 0 Å². The van der Waals surface area contributed by atoms with Crippen LogP contribution in [0.4, 0.5) is 15.2 Å². The monoisotopic (exact) mass is 406 g/mol. The topological polar surface area (TPSA) is 80.9 Å². The SMILES string of the molecule is O=C(Cc1nc(C2CCCC2)no1)c1sc(Nc2ccc(F)cc2)nc1Cl. The lowest BCUT2D eigenvalue weighted by atomic mass is 10.1. The lowest BCUT2D eigenvalue weighted by Crippen LogP contribution is -2.03. The maximum absolute atomic E-state index is 13.0. The van der Waals surface area contributed by atoms with Gasteiger partial charge in [0, 0.05) is 11.6 Å². The molecule has 0 unspecified atom stereocenters. The fourth-order valence-electron chi connectivity index (χ4n) is 3.09. The first-order valence-electron chi connectivity index (χ1n) is 8.63. The van der Waals surface area contributed by atoms with E-state index in [9.17, 15) is 9.18 Å². The number of benzene rings is 1. The summed E-state index contributed by atoms with van der Waals surface area (Å²) >= 11 is 7.25. The van der Waals surface area contributed by atoms with E-state index >= 15 is 0 Å². The molecule has 2 heterocycles. The van der Waals surface area contributed by atoms with Crippen LogP contribution in [0.15, 0.2) is 28.8 Å². The fraction of sp³-hybridized carbons (Fsp3) is 0.333. The number of carbonyl (C=O) groups is 1. The number of ketones is 1. The lowest BCUT2D eigenvalue weighted by Gasteiger charge is -2.00. The number of carbonyl (C=O) groups excluding carboxylic acids is 1. The minimum absolute atomic E-state index is 0.0162. The average molecular weight is 407 g/mol. The molecule has 0 amide bonds. The lowest BCUT2D eigenvalue weighted by molar-refractivity contribution is 0.0987. The fourth-order valence-corrected chi connectivity index (χ4v) is 4.26. The highest BCUT2D eigenvalue weighted by atomic mass is 35.5. The van der Waals surface area contributed by atoms with Crippen LogP contribution >= 0.6 is 22.9 Å². The van der Waals surface area contributed by atoms with Crippen molar-refractivity contribution >= 4 is 39.5 Å². The number of nitrogens with zero attached hydrogens (tertiary/aromatic N) is 3. The molecule has 140 valence electrons. The molecule has 1 aliphatic carbocycles. The molecule has 4 rings (SSSR count). The Balaban J connectivity index is 1.44. The van der Waals surface area contributed by atoms with E-state index in [1.165, 1.54) is 25.0 Å². The van der Waals surface area contributed by atoms with Gasteiger partial charge in [-0.3, -0.25) is 4.79 Å². The quantitative estimate of drug-likeness (QED) is 0.570. The summed E-state index contributed by atoms with van der Waals surface area (Å²) in [6.45, 7) is 0. The largest absolute Gasteiger partial charge is 0.339 e. The van der Waals surface area contributed by atoms with E-state index in [0.29, 0.717) is 33.3 Å². The van der Waals surface area contributed by atoms with Crippen molar-refractivity contribution in [1.82, 2.24) is 15.1 Å². The summed E-state index contributed by atoms with van der Waals surface area (Å²) in [5, 5.41) is 7.58. The van der Waals surface area contributed by atoms with Crippen molar-refractivity contribution in [3.8, 4) is 0 Å². The van der Waals surface area contributed by atoms with E-state index in [4.69, 9.17) is 16.1 Å². The van der Waals surface area contributed by atoms with Crippen LogP contribution in [0, 0.1) is 5.82 Å². The van der Waals surface area contributed by atoms with E-state index in [-0.39, 0.29) is 23.2 Å². The van der Waals surface area contributed by atoms with Crippen LogP contribution < -0.4 is 5.32 Å². The zero-order valence-corrected chi connectivity index (χ0v) is 15.8. The van der Waals surface area contributed by atoms with Gasteiger partial charge in [0.15, 0.2) is 21.9 Å². The van der Waals surface area contributed by atoms with Crippen LogP contribution in [0.2, 0.25) is 5.15 Å². The summed E-state index contributed by atoms with van der Waals surface area (Å²) in [6.07, 6.45) is 4.46. The minimum atomic E-state index is -0.329. The van der Waals surface area contributed by atoms with Gasteiger partial charge in [0.25, 0.3) is 0 Å². The number of hydrogen-bond acceptors (Lipinski definition) is 7. The Hall–Kier alpha value is -2.32. The van der Waals surface area contributed by atoms with Crippen LogP contribution in [0.1, 0.15) is 53.0 Å². The van der Waals surface area contributed by atoms with E-state index < -0.39 is 0 Å². The summed E-state index contributed by atoms with van der Waals surface area (Å²) < 4.78 is 18.2. The standard InChI is InChI=1S/C18H16ClFN4O2S/c19-16-15(27-18(23-16)21-12-7-5-11(20)6-8-12)13(25)9-14-22-17(24-26-14)10-3-1-2-4-10/h5-8,10H,1-4,9H2,(H,21,23). The Kier molecular flexibility index (Phi) is 5.18. The van der Waals surface area contributed by atoms with Crippen molar-refractivity contribution in [3.63, 3.8) is 0 Å². The van der Waals surface area contributed by atoms with E-state index in [2.05, 4.69) is 20.4 Å². The van der Waals surface area contributed by atoms with Gasteiger partial charge in [0.05, 0.1) is 6.42 Å². The summed E-state index contributed by atoms with van der Waals surface area (Å²) in [7, 11) is 0. The molecule has 3 aromatic rings. The molecule has 1 N–H and O–H groups in total. The van der Waals surface area contributed by atoms with Gasteiger partial charge >= 0.3 is 0 Å². The molecule has 0 aliphatic heterocycles. The van der Waals surface area contributed by atoms with Gasteiger partial charge in [-0.15, -0.1) is 0 Å². The zero-order valence-electron chi connectivity index (χ0n) is 14.2.